The summed E-state index contributed by atoms with van der Waals surface area (Å²) >= 11 is 0. The van der Waals surface area contributed by atoms with Gasteiger partial charge in [-0.25, -0.2) is 0 Å². The van der Waals surface area contributed by atoms with Gasteiger partial charge >= 0.3 is 0 Å². The molecule has 0 aromatic carbocycles. The van der Waals surface area contributed by atoms with Crippen molar-refractivity contribution in [1.82, 2.24) is 5.01 Å². The van der Waals surface area contributed by atoms with E-state index in [1.165, 1.54) is 0 Å². The summed E-state index contributed by atoms with van der Waals surface area (Å²) in [5.74, 6) is 0.0900. The van der Waals surface area contributed by atoms with Crippen LogP contribution < -0.4 is 5.73 Å². The van der Waals surface area contributed by atoms with Crippen LogP contribution in [0.3, 0.4) is 0 Å². The van der Waals surface area contributed by atoms with Gasteiger partial charge in [0.1, 0.15) is 0 Å². The lowest BCUT2D eigenvalue weighted by Gasteiger charge is -2.24. The number of Topliss-reactive ketones (excluding diaryl/α,β-unsaturated/α-hetero) is 1. The fourth-order valence-corrected chi connectivity index (χ4v) is 1.86. The summed E-state index contributed by atoms with van der Waals surface area (Å²) in [5, 5.41) is 6.03. The molecular formula is C10H13N3O. The Hall–Kier alpha value is -1.42. The van der Waals surface area contributed by atoms with Crippen LogP contribution in [-0.4, -0.2) is 36.6 Å². The molecule has 0 amide bonds. The number of rotatable bonds is 2. The molecule has 0 radical (unpaired) electrons. The standard InChI is InChI=1S/C10H13N3O/c1-13-9-4-2-3-7(10(14)5-11)8(9)6-12-13/h2-4,6,8-9H,5,11H2,1H3. The minimum absolute atomic E-state index is 0.00565. The predicted molar refractivity (Wildman–Crippen MR) is 54.8 cm³/mol. The molecule has 0 saturated heterocycles. The molecule has 0 aromatic rings. The number of hydrazone groups is 1. The van der Waals surface area contributed by atoms with Gasteiger partial charge in [-0.05, 0) is 0 Å². The van der Waals surface area contributed by atoms with Crippen LogP contribution in [-0.2, 0) is 4.79 Å². The van der Waals surface area contributed by atoms with Crippen molar-refractivity contribution in [1.29, 1.82) is 0 Å². The van der Waals surface area contributed by atoms with Crippen LogP contribution >= 0.6 is 0 Å². The second-order valence-electron chi connectivity index (χ2n) is 3.49. The van der Waals surface area contributed by atoms with Crippen molar-refractivity contribution < 1.29 is 4.79 Å². The Balaban J connectivity index is 2.27. The molecule has 4 heteroatoms. The van der Waals surface area contributed by atoms with Crippen molar-refractivity contribution in [3.05, 3.63) is 23.8 Å². The SMILES string of the molecule is CN1N=CC2C(C(=O)CN)=CC=CC21. The zero-order valence-electron chi connectivity index (χ0n) is 8.05. The van der Waals surface area contributed by atoms with Gasteiger partial charge in [-0.1, -0.05) is 18.2 Å². The van der Waals surface area contributed by atoms with E-state index in [4.69, 9.17) is 5.73 Å². The fraction of sp³-hybridized carbons (Fsp3) is 0.400. The fourth-order valence-electron chi connectivity index (χ4n) is 1.86. The molecule has 0 spiro atoms. The van der Waals surface area contributed by atoms with Crippen molar-refractivity contribution >= 4 is 12.0 Å². The molecule has 2 atom stereocenters. The first-order chi connectivity index (χ1) is 6.74. The molecule has 2 unspecified atom stereocenters. The number of ketones is 1. The number of fused-ring (bicyclic) bond motifs is 1. The van der Waals surface area contributed by atoms with Crippen LogP contribution in [0.5, 0.6) is 0 Å². The minimum atomic E-state index is 0.00565. The van der Waals surface area contributed by atoms with Crippen LogP contribution in [0.2, 0.25) is 0 Å². The molecule has 74 valence electrons. The number of nitrogens with zero attached hydrogens (tertiary/aromatic N) is 2. The molecule has 0 saturated carbocycles. The molecule has 2 aliphatic rings. The van der Waals surface area contributed by atoms with E-state index < -0.39 is 0 Å². The average Bonchev–Trinajstić information content (AvgIpc) is 2.59. The van der Waals surface area contributed by atoms with Crippen molar-refractivity contribution in [2.45, 2.75) is 6.04 Å². The predicted octanol–water partition coefficient (Wildman–Crippen LogP) is -0.0736. The van der Waals surface area contributed by atoms with Gasteiger partial charge in [-0.2, -0.15) is 5.10 Å². The second-order valence-corrected chi connectivity index (χ2v) is 3.49. The van der Waals surface area contributed by atoms with E-state index >= 15 is 0 Å². The zero-order valence-corrected chi connectivity index (χ0v) is 8.05. The van der Waals surface area contributed by atoms with Crippen LogP contribution in [0.15, 0.2) is 28.9 Å². The first kappa shape index (κ1) is 9.15. The highest BCUT2D eigenvalue weighted by atomic mass is 16.1. The largest absolute Gasteiger partial charge is 0.324 e. The lowest BCUT2D eigenvalue weighted by Crippen LogP contribution is -2.33. The average molecular weight is 191 g/mol. The Kier molecular flexibility index (Phi) is 2.21. The van der Waals surface area contributed by atoms with E-state index in [1.807, 2.05) is 36.5 Å². The number of carbonyl (C=O) groups is 1. The van der Waals surface area contributed by atoms with Gasteiger partial charge < -0.3 is 5.73 Å². The smallest absolute Gasteiger partial charge is 0.173 e. The number of allylic oxidation sites excluding steroid dienone is 2. The summed E-state index contributed by atoms with van der Waals surface area (Å²) < 4.78 is 0. The summed E-state index contributed by atoms with van der Waals surface area (Å²) in [6, 6.07) is 0.186. The number of likely N-dealkylation sites (N-methyl/N-ethyl adjacent to an activating group) is 1. The molecule has 2 N–H and O–H groups in total. The summed E-state index contributed by atoms with van der Waals surface area (Å²) in [6.07, 6.45) is 7.59. The van der Waals surface area contributed by atoms with E-state index in [-0.39, 0.29) is 24.3 Å². The quantitative estimate of drug-likeness (QED) is 0.664. The molecule has 0 bridgehead atoms. The maximum atomic E-state index is 11.5. The Morgan fingerprint density at radius 3 is 3.21 bits per heavy atom. The van der Waals surface area contributed by atoms with E-state index in [0.29, 0.717) is 0 Å². The maximum absolute atomic E-state index is 11.5. The molecular weight excluding hydrogens is 178 g/mol. The zero-order chi connectivity index (χ0) is 10.1. The highest BCUT2D eigenvalue weighted by molar-refractivity contribution is 6.01. The summed E-state index contributed by atoms with van der Waals surface area (Å²) in [4.78, 5) is 11.5. The van der Waals surface area contributed by atoms with Gasteiger partial charge in [-0.3, -0.25) is 9.80 Å². The minimum Gasteiger partial charge on any atom is -0.324 e. The monoisotopic (exact) mass is 191 g/mol. The van der Waals surface area contributed by atoms with Gasteiger partial charge in [0.2, 0.25) is 0 Å². The topological polar surface area (TPSA) is 58.7 Å². The van der Waals surface area contributed by atoms with Crippen LogP contribution in [0.4, 0.5) is 0 Å². The molecule has 1 aliphatic heterocycles. The van der Waals surface area contributed by atoms with Crippen molar-refractivity contribution in [2.75, 3.05) is 13.6 Å². The van der Waals surface area contributed by atoms with Gasteiger partial charge in [0.15, 0.2) is 5.78 Å². The number of nitrogens with two attached hydrogens (primary N) is 1. The third kappa shape index (κ3) is 1.28. The van der Waals surface area contributed by atoms with Crippen molar-refractivity contribution in [3.8, 4) is 0 Å². The molecule has 0 aromatic heterocycles. The van der Waals surface area contributed by atoms with Gasteiger partial charge in [0, 0.05) is 18.8 Å². The number of carbonyl (C=O) groups excluding carboxylic acids is 1. The van der Waals surface area contributed by atoms with Gasteiger partial charge in [-0.15, -0.1) is 0 Å². The third-order valence-corrected chi connectivity index (χ3v) is 2.66. The highest BCUT2D eigenvalue weighted by Gasteiger charge is 2.33. The van der Waals surface area contributed by atoms with Gasteiger partial charge in [0.25, 0.3) is 0 Å². The van der Waals surface area contributed by atoms with Crippen LogP contribution in [0.25, 0.3) is 0 Å². The van der Waals surface area contributed by atoms with E-state index in [9.17, 15) is 4.79 Å². The number of hydrogen-bond donors (Lipinski definition) is 1. The first-order valence-electron chi connectivity index (χ1n) is 4.62. The van der Waals surface area contributed by atoms with Crippen molar-refractivity contribution in [3.63, 3.8) is 0 Å². The lowest BCUT2D eigenvalue weighted by molar-refractivity contribution is -0.114. The Morgan fingerprint density at radius 2 is 2.50 bits per heavy atom. The van der Waals surface area contributed by atoms with Crippen LogP contribution in [0, 0.1) is 5.92 Å². The summed E-state index contributed by atoms with van der Waals surface area (Å²) in [6.45, 7) is 0.0699. The lowest BCUT2D eigenvalue weighted by atomic mass is 9.86. The molecule has 14 heavy (non-hydrogen) atoms. The Morgan fingerprint density at radius 1 is 1.71 bits per heavy atom. The van der Waals surface area contributed by atoms with Crippen LogP contribution in [0.1, 0.15) is 0 Å². The Labute approximate surface area is 82.8 Å². The first-order valence-corrected chi connectivity index (χ1v) is 4.62. The van der Waals surface area contributed by atoms with Gasteiger partial charge in [0.05, 0.1) is 18.5 Å². The molecule has 0 fully saturated rings. The molecule has 1 aliphatic carbocycles. The van der Waals surface area contributed by atoms with E-state index in [2.05, 4.69) is 5.10 Å². The Bertz CT molecular complexity index is 343. The third-order valence-electron chi connectivity index (χ3n) is 2.66. The van der Waals surface area contributed by atoms with E-state index in [0.717, 1.165) is 5.57 Å². The summed E-state index contributed by atoms with van der Waals surface area (Å²) in [7, 11) is 1.90. The summed E-state index contributed by atoms with van der Waals surface area (Å²) in [5.41, 5.74) is 6.12. The second kappa shape index (κ2) is 3.38. The maximum Gasteiger partial charge on any atom is 0.173 e. The molecule has 2 rings (SSSR count). The molecule has 4 nitrogen and oxygen atoms in total. The van der Waals surface area contributed by atoms with E-state index in [1.54, 1.807) is 0 Å². The number of hydrogen-bond acceptors (Lipinski definition) is 4. The normalized spacial score (nSPS) is 29.0. The molecule has 1 heterocycles. The van der Waals surface area contributed by atoms with Crippen molar-refractivity contribution in [2.24, 2.45) is 16.8 Å². The highest BCUT2D eigenvalue weighted by Crippen LogP contribution is 2.27.